The van der Waals surface area contributed by atoms with Crippen LogP contribution in [0.3, 0.4) is 0 Å². The molecule has 0 radical (unpaired) electrons. The largest absolute Gasteiger partial charge is 0.455 e. The molecule has 32 heavy (non-hydrogen) atoms. The van der Waals surface area contributed by atoms with Crippen molar-refractivity contribution in [3.05, 3.63) is 82.1 Å². The molecule has 1 aliphatic rings. The minimum absolute atomic E-state index is 0.196. The lowest BCUT2D eigenvalue weighted by Gasteiger charge is -2.15. The minimum atomic E-state index is -0.328. The molecule has 1 heterocycles. The highest BCUT2D eigenvalue weighted by molar-refractivity contribution is 6.31. The van der Waals surface area contributed by atoms with Crippen molar-refractivity contribution >= 4 is 29.0 Å². The smallest absolute Gasteiger partial charge is 0.160 e. The molecule has 1 unspecified atom stereocenters. The fourth-order valence-corrected chi connectivity index (χ4v) is 3.98. The molecule has 3 aromatic rings. The van der Waals surface area contributed by atoms with Crippen LogP contribution < -0.4 is 10.2 Å². The van der Waals surface area contributed by atoms with Gasteiger partial charge in [0, 0.05) is 10.9 Å². The van der Waals surface area contributed by atoms with E-state index in [0.29, 0.717) is 34.4 Å². The van der Waals surface area contributed by atoms with Crippen LogP contribution in [-0.4, -0.2) is 33.2 Å². The van der Waals surface area contributed by atoms with Gasteiger partial charge in [-0.1, -0.05) is 35.9 Å². The van der Waals surface area contributed by atoms with Crippen molar-refractivity contribution in [2.75, 3.05) is 5.88 Å². The summed E-state index contributed by atoms with van der Waals surface area (Å²) in [6, 6.07) is 13.6. The summed E-state index contributed by atoms with van der Waals surface area (Å²) in [4.78, 5) is 4.62. The number of rotatable bonds is 8. The monoisotopic (exact) mass is 470 g/mol. The fourth-order valence-electron chi connectivity index (χ4n) is 3.49. The highest BCUT2D eigenvalue weighted by Crippen LogP contribution is 2.41. The van der Waals surface area contributed by atoms with Gasteiger partial charge in [0.05, 0.1) is 24.0 Å². The molecule has 2 N–H and O–H groups in total. The summed E-state index contributed by atoms with van der Waals surface area (Å²) in [5, 5.41) is 18.4. The van der Waals surface area contributed by atoms with Crippen LogP contribution in [0.1, 0.15) is 41.0 Å². The number of nitrogens with zero attached hydrogens (tertiary/aromatic N) is 3. The summed E-state index contributed by atoms with van der Waals surface area (Å²) in [6.07, 6.45) is 5.93. The topological polar surface area (TPSA) is 79.6 Å². The van der Waals surface area contributed by atoms with Gasteiger partial charge in [-0.05, 0) is 67.0 Å². The van der Waals surface area contributed by atoms with Crippen LogP contribution in [-0.2, 0) is 6.42 Å². The number of aliphatic imine (C=N–C) groups is 1. The molecule has 4 rings (SSSR count). The third-order valence-electron chi connectivity index (χ3n) is 5.34. The summed E-state index contributed by atoms with van der Waals surface area (Å²) in [5.41, 5.74) is 5.92. The highest BCUT2D eigenvalue weighted by Gasteiger charge is 2.24. The first-order chi connectivity index (χ1) is 15.6. The molecule has 6 nitrogen and oxygen atoms in total. The lowest BCUT2D eigenvalue weighted by atomic mass is 10.1. The summed E-state index contributed by atoms with van der Waals surface area (Å²) < 4.78 is 6.09. The molecule has 1 aliphatic carbocycles. The number of amidine groups is 1. The van der Waals surface area contributed by atoms with Gasteiger partial charge >= 0.3 is 0 Å². The van der Waals surface area contributed by atoms with E-state index < -0.39 is 0 Å². The number of hydrogen-bond donors (Lipinski definition) is 2. The van der Waals surface area contributed by atoms with E-state index in [2.05, 4.69) is 26.7 Å². The van der Waals surface area contributed by atoms with Crippen molar-refractivity contribution < 1.29 is 9.94 Å². The molecule has 1 atom stereocenters. The lowest BCUT2D eigenvalue weighted by Crippen LogP contribution is -2.25. The van der Waals surface area contributed by atoms with Gasteiger partial charge in [0.1, 0.15) is 5.75 Å². The maximum Gasteiger partial charge on any atom is 0.160 e. The lowest BCUT2D eigenvalue weighted by molar-refractivity contribution is 0.234. The van der Waals surface area contributed by atoms with E-state index in [0.717, 1.165) is 11.1 Å². The summed E-state index contributed by atoms with van der Waals surface area (Å²) in [6.45, 7) is 1.99. The molecule has 1 aromatic heterocycles. The van der Waals surface area contributed by atoms with Crippen LogP contribution in [0.2, 0.25) is 5.02 Å². The number of ether oxygens (including phenoxy) is 1. The average molecular weight is 471 g/mol. The SMILES string of the molecule is Cc1ccc(CC(CCl)N=C(NO)c2cnncc2Oc2cccc(C3CC3)c2)c(Cl)c1. The van der Waals surface area contributed by atoms with Gasteiger partial charge in [-0.2, -0.15) is 10.2 Å². The van der Waals surface area contributed by atoms with Crippen LogP contribution in [0.15, 0.2) is 59.9 Å². The molecule has 8 heteroatoms. The van der Waals surface area contributed by atoms with Crippen LogP contribution in [0.4, 0.5) is 0 Å². The maximum atomic E-state index is 9.84. The highest BCUT2D eigenvalue weighted by atomic mass is 35.5. The zero-order valence-electron chi connectivity index (χ0n) is 17.6. The number of aromatic nitrogens is 2. The Kier molecular flexibility index (Phi) is 7.25. The Morgan fingerprint density at radius 3 is 2.75 bits per heavy atom. The Morgan fingerprint density at radius 2 is 2.03 bits per heavy atom. The molecule has 0 saturated heterocycles. The first-order valence-corrected chi connectivity index (χ1v) is 11.4. The second-order valence-corrected chi connectivity index (χ2v) is 8.63. The van der Waals surface area contributed by atoms with E-state index in [1.54, 1.807) is 0 Å². The standard InChI is InChI=1S/C24H24Cl2N4O2/c1-15-5-6-18(22(26)9-15)10-19(12-25)29-24(30-31)21-13-27-28-14-23(21)32-20-4-2-3-17(11-20)16-7-8-16/h2-6,9,11,13-14,16,19,31H,7-8,10,12H2,1H3,(H,29,30). The molecule has 0 bridgehead atoms. The van der Waals surface area contributed by atoms with Gasteiger partial charge in [0.2, 0.25) is 0 Å². The number of halogens is 2. The van der Waals surface area contributed by atoms with E-state index >= 15 is 0 Å². The van der Waals surface area contributed by atoms with Crippen LogP contribution in [0.5, 0.6) is 11.5 Å². The van der Waals surface area contributed by atoms with Gasteiger partial charge in [-0.25, -0.2) is 0 Å². The van der Waals surface area contributed by atoms with Gasteiger partial charge in [0.15, 0.2) is 11.6 Å². The van der Waals surface area contributed by atoms with Crippen molar-refractivity contribution in [2.45, 2.75) is 38.1 Å². The van der Waals surface area contributed by atoms with E-state index in [1.807, 2.05) is 43.3 Å². The van der Waals surface area contributed by atoms with Crippen molar-refractivity contribution in [3.8, 4) is 11.5 Å². The molecule has 0 amide bonds. The first-order valence-electron chi connectivity index (χ1n) is 10.4. The van der Waals surface area contributed by atoms with Gasteiger partial charge < -0.3 is 4.74 Å². The third kappa shape index (κ3) is 5.57. The number of aryl methyl sites for hydroxylation is 1. The van der Waals surface area contributed by atoms with Crippen molar-refractivity contribution in [2.24, 2.45) is 4.99 Å². The number of benzene rings is 2. The van der Waals surface area contributed by atoms with Gasteiger partial charge in [0.25, 0.3) is 0 Å². The second kappa shape index (κ2) is 10.3. The molecule has 166 valence electrons. The molecular weight excluding hydrogens is 447 g/mol. The minimum Gasteiger partial charge on any atom is -0.455 e. The van der Waals surface area contributed by atoms with Gasteiger partial charge in [-0.15, -0.1) is 11.6 Å². The van der Waals surface area contributed by atoms with Crippen LogP contribution in [0.25, 0.3) is 0 Å². The zero-order chi connectivity index (χ0) is 22.5. The molecule has 0 spiro atoms. The third-order valence-corrected chi connectivity index (χ3v) is 6.05. The summed E-state index contributed by atoms with van der Waals surface area (Å²) >= 11 is 12.6. The van der Waals surface area contributed by atoms with Gasteiger partial charge in [-0.3, -0.25) is 15.7 Å². The summed E-state index contributed by atoms with van der Waals surface area (Å²) in [5.74, 6) is 2.18. The number of hydroxylamine groups is 1. The fraction of sp³-hybridized carbons (Fsp3) is 0.292. The Labute approximate surface area is 197 Å². The maximum absolute atomic E-state index is 9.84. The predicted octanol–water partition coefficient (Wildman–Crippen LogP) is 5.68. The number of hydrogen-bond acceptors (Lipinski definition) is 5. The molecule has 2 aromatic carbocycles. The van der Waals surface area contributed by atoms with E-state index in [-0.39, 0.29) is 17.8 Å². The molecule has 1 fully saturated rings. The number of alkyl halides is 1. The van der Waals surface area contributed by atoms with E-state index in [1.165, 1.54) is 30.8 Å². The van der Waals surface area contributed by atoms with E-state index in [4.69, 9.17) is 27.9 Å². The molecule has 0 aliphatic heterocycles. The van der Waals surface area contributed by atoms with Crippen molar-refractivity contribution in [1.29, 1.82) is 0 Å². The normalized spacial score (nSPS) is 14.8. The average Bonchev–Trinajstić information content (AvgIpc) is 3.64. The Morgan fingerprint density at radius 1 is 1.22 bits per heavy atom. The van der Waals surface area contributed by atoms with Crippen molar-refractivity contribution in [1.82, 2.24) is 15.7 Å². The van der Waals surface area contributed by atoms with Crippen LogP contribution >= 0.6 is 23.2 Å². The first kappa shape index (κ1) is 22.5. The number of nitrogens with one attached hydrogen (secondary N) is 1. The molecule has 1 saturated carbocycles. The quantitative estimate of drug-likeness (QED) is 0.191. The Hall–Kier alpha value is -2.67. The predicted molar refractivity (Wildman–Crippen MR) is 126 cm³/mol. The Balaban J connectivity index is 1.59. The molecular formula is C24H24Cl2N4O2. The second-order valence-electron chi connectivity index (χ2n) is 7.91. The Bertz CT molecular complexity index is 1120. The van der Waals surface area contributed by atoms with Crippen molar-refractivity contribution in [3.63, 3.8) is 0 Å². The van der Waals surface area contributed by atoms with Crippen LogP contribution in [0, 0.1) is 6.92 Å². The van der Waals surface area contributed by atoms with E-state index in [9.17, 15) is 5.21 Å². The zero-order valence-corrected chi connectivity index (χ0v) is 19.1. The summed E-state index contributed by atoms with van der Waals surface area (Å²) in [7, 11) is 0.